The van der Waals surface area contributed by atoms with Gasteiger partial charge < -0.3 is 14.0 Å². The van der Waals surface area contributed by atoms with Crippen LogP contribution in [0.15, 0.2) is 200 Å². The van der Waals surface area contributed by atoms with Crippen LogP contribution in [0.4, 0.5) is 17.1 Å². The van der Waals surface area contributed by atoms with E-state index in [1.807, 2.05) is 0 Å². The molecule has 51 heavy (non-hydrogen) atoms. The summed E-state index contributed by atoms with van der Waals surface area (Å²) < 4.78 is 4.85. The number of fused-ring (bicyclic) bond motifs is 6. The van der Waals surface area contributed by atoms with Crippen molar-refractivity contribution < 1.29 is 0 Å². The number of hydrogen-bond acceptors (Lipinski definition) is 1. The molecule has 0 saturated heterocycles. The third-order valence-corrected chi connectivity index (χ3v) is 10.1. The molecule has 0 spiro atoms. The molecular weight excluding hydrogens is 619 g/mol. The molecule has 0 amide bonds. The average Bonchev–Trinajstić information content (AvgIpc) is 3.76. The summed E-state index contributed by atoms with van der Waals surface area (Å²) in [5.74, 6) is 0. The Hall–Kier alpha value is -6.84. The highest BCUT2D eigenvalue weighted by molar-refractivity contribution is 6.20. The Morgan fingerprint density at radius 3 is 1.82 bits per heavy atom. The lowest BCUT2D eigenvalue weighted by Crippen LogP contribution is -2.10. The summed E-state index contributed by atoms with van der Waals surface area (Å²) in [5.41, 5.74) is 11.5. The van der Waals surface area contributed by atoms with Gasteiger partial charge >= 0.3 is 0 Å². The maximum Gasteiger partial charge on any atom is 0.0788 e. The fraction of sp³-hybridized carbons (Fsp3) is 0. The van der Waals surface area contributed by atoms with Crippen molar-refractivity contribution in [3.05, 3.63) is 200 Å². The molecular formula is C48H33N3. The Morgan fingerprint density at radius 1 is 0.373 bits per heavy atom. The SMILES string of the molecule is c1ccc(-c2cn(-c3ccccc3)c3c2ccc2c4ccccc4n(-c4cccc(N(c5ccccc5)c5ccc6ccccc6c5)c4)c23)cc1. The maximum absolute atomic E-state index is 2.47. The van der Waals surface area contributed by atoms with Crippen molar-refractivity contribution in [2.24, 2.45) is 0 Å². The molecule has 8 aromatic carbocycles. The summed E-state index contributed by atoms with van der Waals surface area (Å²) in [4.78, 5) is 2.36. The van der Waals surface area contributed by atoms with Gasteiger partial charge in [-0.05, 0) is 77.0 Å². The number of aromatic nitrogens is 2. The Labute approximate surface area is 296 Å². The molecule has 3 nitrogen and oxygen atoms in total. The van der Waals surface area contributed by atoms with Gasteiger partial charge in [0, 0.05) is 56.4 Å². The lowest BCUT2D eigenvalue weighted by atomic mass is 10.0. The quantitative estimate of drug-likeness (QED) is 0.174. The molecule has 10 aromatic rings. The molecule has 3 heteroatoms. The van der Waals surface area contributed by atoms with E-state index in [2.05, 4.69) is 214 Å². The zero-order valence-electron chi connectivity index (χ0n) is 27.9. The highest BCUT2D eigenvalue weighted by atomic mass is 15.1. The van der Waals surface area contributed by atoms with Crippen molar-refractivity contribution in [1.82, 2.24) is 9.13 Å². The van der Waals surface area contributed by atoms with Gasteiger partial charge in [0.15, 0.2) is 0 Å². The molecule has 0 unspecified atom stereocenters. The molecule has 10 rings (SSSR count). The van der Waals surface area contributed by atoms with Crippen LogP contribution in [0, 0.1) is 0 Å². The largest absolute Gasteiger partial charge is 0.314 e. The first-order valence-corrected chi connectivity index (χ1v) is 17.4. The minimum Gasteiger partial charge on any atom is -0.314 e. The predicted molar refractivity (Wildman–Crippen MR) is 215 cm³/mol. The summed E-state index contributed by atoms with van der Waals surface area (Å²) in [6, 6.07) is 69.8. The van der Waals surface area contributed by atoms with Crippen LogP contribution in [0.5, 0.6) is 0 Å². The van der Waals surface area contributed by atoms with Crippen molar-refractivity contribution >= 4 is 60.5 Å². The van der Waals surface area contributed by atoms with Gasteiger partial charge in [-0.15, -0.1) is 0 Å². The topological polar surface area (TPSA) is 13.1 Å². The molecule has 240 valence electrons. The highest BCUT2D eigenvalue weighted by Crippen LogP contribution is 2.43. The number of nitrogens with zero attached hydrogens (tertiary/aromatic N) is 3. The minimum atomic E-state index is 1.09. The van der Waals surface area contributed by atoms with Crippen molar-refractivity contribution in [3.8, 4) is 22.5 Å². The van der Waals surface area contributed by atoms with Gasteiger partial charge in [0.05, 0.1) is 16.6 Å². The Balaban J connectivity index is 1.27. The summed E-state index contributed by atoms with van der Waals surface area (Å²) in [6.07, 6.45) is 2.31. The normalized spacial score (nSPS) is 11.5. The van der Waals surface area contributed by atoms with E-state index in [-0.39, 0.29) is 0 Å². The highest BCUT2D eigenvalue weighted by Gasteiger charge is 2.22. The average molecular weight is 652 g/mol. The molecule has 2 heterocycles. The van der Waals surface area contributed by atoms with Crippen LogP contribution in [0.25, 0.3) is 66.0 Å². The molecule has 0 saturated carbocycles. The maximum atomic E-state index is 2.47. The van der Waals surface area contributed by atoms with Crippen LogP contribution in [-0.4, -0.2) is 9.13 Å². The smallest absolute Gasteiger partial charge is 0.0788 e. The summed E-state index contributed by atoms with van der Waals surface area (Å²) >= 11 is 0. The third-order valence-electron chi connectivity index (χ3n) is 10.1. The zero-order valence-corrected chi connectivity index (χ0v) is 27.9. The summed E-state index contributed by atoms with van der Waals surface area (Å²) in [7, 11) is 0. The first-order valence-electron chi connectivity index (χ1n) is 17.4. The van der Waals surface area contributed by atoms with Gasteiger partial charge in [0.25, 0.3) is 0 Å². The predicted octanol–water partition coefficient (Wildman–Crippen LogP) is 13.0. The fourth-order valence-corrected chi connectivity index (χ4v) is 7.78. The zero-order chi connectivity index (χ0) is 33.7. The van der Waals surface area contributed by atoms with Crippen LogP contribution in [0.2, 0.25) is 0 Å². The van der Waals surface area contributed by atoms with E-state index < -0.39 is 0 Å². The van der Waals surface area contributed by atoms with E-state index in [0.29, 0.717) is 0 Å². The molecule has 0 aliphatic rings. The van der Waals surface area contributed by atoms with E-state index in [9.17, 15) is 0 Å². The van der Waals surface area contributed by atoms with E-state index in [1.165, 1.54) is 54.6 Å². The monoisotopic (exact) mass is 651 g/mol. The van der Waals surface area contributed by atoms with E-state index >= 15 is 0 Å². The number of anilines is 3. The Morgan fingerprint density at radius 2 is 1.00 bits per heavy atom. The first kappa shape index (κ1) is 29.1. The fourth-order valence-electron chi connectivity index (χ4n) is 7.78. The van der Waals surface area contributed by atoms with Gasteiger partial charge in [0.2, 0.25) is 0 Å². The molecule has 0 fully saturated rings. The number of para-hydroxylation sites is 3. The summed E-state index contributed by atoms with van der Waals surface area (Å²) in [6.45, 7) is 0. The number of hydrogen-bond donors (Lipinski definition) is 0. The first-order chi connectivity index (χ1) is 25.3. The number of rotatable bonds is 6. The van der Waals surface area contributed by atoms with E-state index in [4.69, 9.17) is 0 Å². The lowest BCUT2D eigenvalue weighted by molar-refractivity contribution is 1.11. The van der Waals surface area contributed by atoms with Crippen LogP contribution < -0.4 is 4.90 Å². The van der Waals surface area contributed by atoms with Gasteiger partial charge in [-0.3, -0.25) is 0 Å². The van der Waals surface area contributed by atoms with Crippen LogP contribution in [0.3, 0.4) is 0 Å². The second-order valence-electron chi connectivity index (χ2n) is 13.0. The molecule has 0 radical (unpaired) electrons. The standard InChI is InChI=1S/C48H33N3/c1-4-16-35(17-5-1)45-33-49(37-19-6-2-7-20-37)47-44(45)30-29-43-42-25-12-13-26-46(42)51(48(43)47)40-24-14-23-39(32-40)50(38-21-8-3-9-22-38)41-28-27-34-15-10-11-18-36(34)31-41/h1-33H. The summed E-state index contributed by atoms with van der Waals surface area (Å²) in [5, 5.41) is 6.13. The lowest BCUT2D eigenvalue weighted by Gasteiger charge is -2.26. The second-order valence-corrected chi connectivity index (χ2v) is 13.0. The molecule has 0 aliphatic heterocycles. The third kappa shape index (κ3) is 4.82. The van der Waals surface area contributed by atoms with E-state index in [0.717, 1.165) is 28.4 Å². The van der Waals surface area contributed by atoms with Crippen molar-refractivity contribution in [3.63, 3.8) is 0 Å². The molecule has 0 aliphatic carbocycles. The molecule has 0 atom stereocenters. The Kier molecular flexibility index (Phi) is 6.81. The van der Waals surface area contributed by atoms with Crippen LogP contribution in [-0.2, 0) is 0 Å². The van der Waals surface area contributed by atoms with Crippen molar-refractivity contribution in [1.29, 1.82) is 0 Å². The molecule has 0 bridgehead atoms. The molecule has 2 aromatic heterocycles. The van der Waals surface area contributed by atoms with E-state index in [1.54, 1.807) is 0 Å². The minimum absolute atomic E-state index is 1.09. The second kappa shape index (κ2) is 11.9. The number of benzene rings is 8. The van der Waals surface area contributed by atoms with Crippen molar-refractivity contribution in [2.75, 3.05) is 4.90 Å². The van der Waals surface area contributed by atoms with Crippen molar-refractivity contribution in [2.45, 2.75) is 0 Å². The van der Waals surface area contributed by atoms with Gasteiger partial charge in [-0.25, -0.2) is 0 Å². The van der Waals surface area contributed by atoms with Gasteiger partial charge in [0.1, 0.15) is 0 Å². The van der Waals surface area contributed by atoms with Crippen LogP contribution in [0.1, 0.15) is 0 Å². The van der Waals surface area contributed by atoms with Gasteiger partial charge in [-0.1, -0.05) is 133 Å². The van der Waals surface area contributed by atoms with Crippen LogP contribution >= 0.6 is 0 Å². The van der Waals surface area contributed by atoms with Gasteiger partial charge in [-0.2, -0.15) is 0 Å². The Bertz CT molecular complexity index is 2850. The molecule has 0 N–H and O–H groups in total.